The predicted octanol–water partition coefficient (Wildman–Crippen LogP) is 3.47. The first-order valence-corrected chi connectivity index (χ1v) is 7.31. The number of benzene rings is 1. The topological polar surface area (TPSA) is 15.3 Å². The Hall–Kier alpha value is -0.640. The number of nitrogens with zero attached hydrogens (tertiary/aromatic N) is 1. The lowest BCUT2D eigenvalue weighted by atomic mass is 9.98. The summed E-state index contributed by atoms with van der Waals surface area (Å²) in [6.07, 6.45) is 2.55. The van der Waals surface area contributed by atoms with Crippen LogP contribution in [0, 0.1) is 11.7 Å². The van der Waals surface area contributed by atoms with Crippen LogP contribution in [0.25, 0.3) is 0 Å². The zero-order valence-corrected chi connectivity index (χ0v) is 12.4. The molecule has 1 heterocycles. The Morgan fingerprint density at radius 2 is 2.32 bits per heavy atom. The van der Waals surface area contributed by atoms with Crippen LogP contribution in [-0.4, -0.2) is 31.6 Å². The van der Waals surface area contributed by atoms with E-state index in [1.165, 1.54) is 18.9 Å². The van der Waals surface area contributed by atoms with Crippen LogP contribution in [0.2, 0.25) is 5.02 Å². The van der Waals surface area contributed by atoms with Gasteiger partial charge >= 0.3 is 0 Å². The average Bonchev–Trinajstić information content (AvgIpc) is 2.42. The van der Waals surface area contributed by atoms with E-state index in [1.807, 2.05) is 6.07 Å². The minimum Gasteiger partial charge on any atom is -0.316 e. The van der Waals surface area contributed by atoms with Crippen molar-refractivity contribution in [1.29, 1.82) is 0 Å². The van der Waals surface area contributed by atoms with Gasteiger partial charge in [-0.05, 0) is 63.5 Å². The molecule has 2 unspecified atom stereocenters. The minimum absolute atomic E-state index is 0.206. The van der Waals surface area contributed by atoms with Gasteiger partial charge in [0.25, 0.3) is 0 Å². The van der Waals surface area contributed by atoms with Gasteiger partial charge in [-0.25, -0.2) is 4.39 Å². The molecule has 1 aliphatic rings. The molecular weight excluding hydrogens is 263 g/mol. The molecule has 1 N–H and O–H groups in total. The maximum atomic E-state index is 13.2. The maximum absolute atomic E-state index is 13.2. The van der Waals surface area contributed by atoms with Crippen LogP contribution in [0.4, 0.5) is 4.39 Å². The van der Waals surface area contributed by atoms with Crippen molar-refractivity contribution in [2.45, 2.75) is 25.8 Å². The molecule has 1 aromatic rings. The average molecular weight is 285 g/mol. The van der Waals surface area contributed by atoms with Gasteiger partial charge in [0, 0.05) is 12.6 Å². The Morgan fingerprint density at radius 3 is 2.95 bits per heavy atom. The Bertz CT molecular complexity index is 419. The number of nitrogens with one attached hydrogen (secondary N) is 1. The summed E-state index contributed by atoms with van der Waals surface area (Å²) in [4.78, 5) is 2.32. The van der Waals surface area contributed by atoms with Crippen LogP contribution < -0.4 is 5.32 Å². The molecule has 2 rings (SSSR count). The molecule has 1 aliphatic heterocycles. The first-order chi connectivity index (χ1) is 9.08. The summed E-state index contributed by atoms with van der Waals surface area (Å²) in [5.41, 5.74) is 1.07. The van der Waals surface area contributed by atoms with Crippen LogP contribution in [0.1, 0.15) is 31.4 Å². The molecule has 0 aromatic heterocycles. The quantitative estimate of drug-likeness (QED) is 0.911. The van der Waals surface area contributed by atoms with E-state index in [-0.39, 0.29) is 16.9 Å². The first-order valence-electron chi connectivity index (χ1n) is 6.94. The van der Waals surface area contributed by atoms with Crippen molar-refractivity contribution in [2.75, 3.05) is 26.7 Å². The van der Waals surface area contributed by atoms with E-state index in [0.717, 1.165) is 25.2 Å². The first kappa shape index (κ1) is 14.8. The van der Waals surface area contributed by atoms with Gasteiger partial charge < -0.3 is 5.32 Å². The molecule has 0 aliphatic carbocycles. The van der Waals surface area contributed by atoms with Gasteiger partial charge in [-0.3, -0.25) is 4.90 Å². The van der Waals surface area contributed by atoms with E-state index < -0.39 is 0 Å². The van der Waals surface area contributed by atoms with Gasteiger partial charge in [-0.1, -0.05) is 17.7 Å². The highest BCUT2D eigenvalue weighted by Gasteiger charge is 2.19. The van der Waals surface area contributed by atoms with Gasteiger partial charge in [-0.2, -0.15) is 0 Å². The second kappa shape index (κ2) is 6.69. The second-order valence-electron chi connectivity index (χ2n) is 5.50. The fraction of sp³-hybridized carbons (Fsp3) is 0.600. The van der Waals surface area contributed by atoms with Gasteiger partial charge in [-0.15, -0.1) is 0 Å². The number of rotatable bonds is 4. The molecule has 0 amide bonds. The SMILES string of the molecule is CC(c1ccc(F)c(Cl)c1)N(C)CC1CCCNC1. The van der Waals surface area contributed by atoms with Gasteiger partial charge in [0.2, 0.25) is 0 Å². The molecule has 106 valence electrons. The van der Waals surface area contributed by atoms with E-state index >= 15 is 0 Å². The zero-order valence-electron chi connectivity index (χ0n) is 11.6. The van der Waals surface area contributed by atoms with Crippen molar-refractivity contribution in [3.05, 3.63) is 34.6 Å². The zero-order chi connectivity index (χ0) is 13.8. The molecule has 19 heavy (non-hydrogen) atoms. The lowest BCUT2D eigenvalue weighted by Gasteiger charge is -2.31. The van der Waals surface area contributed by atoms with Crippen molar-refractivity contribution < 1.29 is 4.39 Å². The van der Waals surface area contributed by atoms with Crippen LogP contribution in [-0.2, 0) is 0 Å². The Labute approximate surface area is 119 Å². The third kappa shape index (κ3) is 3.91. The van der Waals surface area contributed by atoms with Crippen molar-refractivity contribution in [1.82, 2.24) is 10.2 Å². The Balaban J connectivity index is 1.97. The molecule has 1 aromatic carbocycles. The molecule has 1 saturated heterocycles. The molecule has 1 fully saturated rings. The van der Waals surface area contributed by atoms with E-state index in [1.54, 1.807) is 6.07 Å². The maximum Gasteiger partial charge on any atom is 0.141 e. The van der Waals surface area contributed by atoms with Crippen molar-refractivity contribution >= 4 is 11.6 Å². The summed E-state index contributed by atoms with van der Waals surface area (Å²) in [6.45, 7) is 5.44. The molecule has 4 heteroatoms. The fourth-order valence-corrected chi connectivity index (χ4v) is 2.86. The van der Waals surface area contributed by atoms with Crippen LogP contribution in [0.5, 0.6) is 0 Å². The minimum atomic E-state index is -0.350. The third-order valence-electron chi connectivity index (χ3n) is 4.03. The third-order valence-corrected chi connectivity index (χ3v) is 4.32. The molecule has 0 spiro atoms. The highest BCUT2D eigenvalue weighted by Crippen LogP contribution is 2.25. The van der Waals surface area contributed by atoms with Crippen LogP contribution >= 0.6 is 11.6 Å². The summed E-state index contributed by atoms with van der Waals surface area (Å²) in [7, 11) is 2.12. The molecule has 0 bridgehead atoms. The van der Waals surface area contributed by atoms with Crippen molar-refractivity contribution in [3.63, 3.8) is 0 Å². The lowest BCUT2D eigenvalue weighted by molar-refractivity contribution is 0.199. The fourth-order valence-electron chi connectivity index (χ4n) is 2.67. The standard InChI is InChI=1S/C15H22ClFN2/c1-11(13-5-6-15(17)14(16)8-13)19(2)10-12-4-3-7-18-9-12/h5-6,8,11-12,18H,3-4,7,9-10H2,1-2H3. The monoisotopic (exact) mass is 284 g/mol. The van der Waals surface area contributed by atoms with Crippen LogP contribution in [0.15, 0.2) is 18.2 Å². The van der Waals surface area contributed by atoms with E-state index in [9.17, 15) is 4.39 Å². The smallest absolute Gasteiger partial charge is 0.141 e. The Kier molecular flexibility index (Phi) is 5.20. The van der Waals surface area contributed by atoms with Gasteiger partial charge in [0.05, 0.1) is 5.02 Å². The second-order valence-corrected chi connectivity index (χ2v) is 5.91. The highest BCUT2D eigenvalue weighted by atomic mass is 35.5. The van der Waals surface area contributed by atoms with Gasteiger partial charge in [0.15, 0.2) is 0 Å². The van der Waals surface area contributed by atoms with E-state index in [2.05, 4.69) is 24.2 Å². The number of piperidine rings is 1. The largest absolute Gasteiger partial charge is 0.316 e. The summed E-state index contributed by atoms with van der Waals surface area (Å²) in [6, 6.07) is 5.25. The van der Waals surface area contributed by atoms with Crippen molar-refractivity contribution in [3.8, 4) is 0 Å². The lowest BCUT2D eigenvalue weighted by Crippen LogP contribution is -2.37. The summed E-state index contributed by atoms with van der Waals surface area (Å²) in [5, 5.41) is 3.64. The molecule has 0 radical (unpaired) electrons. The predicted molar refractivity (Wildman–Crippen MR) is 78.0 cm³/mol. The highest BCUT2D eigenvalue weighted by molar-refractivity contribution is 6.30. The Morgan fingerprint density at radius 1 is 1.53 bits per heavy atom. The summed E-state index contributed by atoms with van der Waals surface area (Å²) < 4.78 is 13.2. The number of hydrogen-bond acceptors (Lipinski definition) is 2. The van der Waals surface area contributed by atoms with Crippen LogP contribution in [0.3, 0.4) is 0 Å². The molecule has 2 nitrogen and oxygen atoms in total. The summed E-state index contributed by atoms with van der Waals surface area (Å²) in [5.74, 6) is 0.355. The molecule has 2 atom stereocenters. The van der Waals surface area contributed by atoms with Crippen molar-refractivity contribution in [2.24, 2.45) is 5.92 Å². The number of halogens is 2. The molecule has 0 saturated carbocycles. The molecular formula is C15H22ClFN2. The van der Waals surface area contributed by atoms with E-state index in [4.69, 9.17) is 11.6 Å². The summed E-state index contributed by atoms with van der Waals surface area (Å²) >= 11 is 5.85. The normalized spacial score (nSPS) is 21.6. The van der Waals surface area contributed by atoms with E-state index in [0.29, 0.717) is 5.92 Å². The number of hydrogen-bond donors (Lipinski definition) is 1. The van der Waals surface area contributed by atoms with Gasteiger partial charge in [0.1, 0.15) is 5.82 Å².